The molecule has 4 rings (SSSR count). The second-order valence-corrected chi connectivity index (χ2v) is 7.24. The lowest BCUT2D eigenvalue weighted by molar-refractivity contribution is 0.198. The molecule has 2 heterocycles. The SMILES string of the molecule is OCc1ccc(-c2cncc(C3CCCN(Cc4ccccc4)C3)n2)cc1. The molecule has 0 saturated carbocycles. The molecule has 1 aromatic heterocycles. The molecule has 1 saturated heterocycles. The third kappa shape index (κ3) is 4.41. The predicted molar refractivity (Wildman–Crippen MR) is 107 cm³/mol. The zero-order valence-corrected chi connectivity index (χ0v) is 15.5. The topological polar surface area (TPSA) is 49.3 Å². The zero-order chi connectivity index (χ0) is 18.5. The van der Waals surface area contributed by atoms with Crippen LogP contribution in [-0.4, -0.2) is 33.1 Å². The second-order valence-electron chi connectivity index (χ2n) is 7.24. The van der Waals surface area contributed by atoms with Crippen LogP contribution in [0.5, 0.6) is 0 Å². The molecular weight excluding hydrogens is 334 g/mol. The van der Waals surface area contributed by atoms with Gasteiger partial charge in [0.1, 0.15) is 0 Å². The van der Waals surface area contributed by atoms with Gasteiger partial charge in [0.15, 0.2) is 0 Å². The average Bonchev–Trinajstić information content (AvgIpc) is 2.75. The number of hydrogen-bond acceptors (Lipinski definition) is 4. The molecule has 0 bridgehead atoms. The van der Waals surface area contributed by atoms with E-state index in [1.165, 1.54) is 12.0 Å². The summed E-state index contributed by atoms with van der Waals surface area (Å²) in [6, 6.07) is 18.5. The highest BCUT2D eigenvalue weighted by molar-refractivity contribution is 5.58. The lowest BCUT2D eigenvalue weighted by Gasteiger charge is -2.32. The third-order valence-corrected chi connectivity index (χ3v) is 5.26. The van der Waals surface area contributed by atoms with E-state index in [-0.39, 0.29) is 6.61 Å². The van der Waals surface area contributed by atoms with Crippen LogP contribution in [0.4, 0.5) is 0 Å². The van der Waals surface area contributed by atoms with Gasteiger partial charge in [-0.15, -0.1) is 0 Å². The molecule has 1 aliphatic heterocycles. The van der Waals surface area contributed by atoms with E-state index >= 15 is 0 Å². The molecule has 138 valence electrons. The van der Waals surface area contributed by atoms with Crippen molar-refractivity contribution in [2.75, 3.05) is 13.1 Å². The quantitative estimate of drug-likeness (QED) is 0.748. The van der Waals surface area contributed by atoms with Crippen molar-refractivity contribution in [1.82, 2.24) is 14.9 Å². The number of aliphatic hydroxyl groups excluding tert-OH is 1. The van der Waals surface area contributed by atoms with Crippen molar-refractivity contribution >= 4 is 0 Å². The van der Waals surface area contributed by atoms with E-state index in [4.69, 9.17) is 4.98 Å². The zero-order valence-electron chi connectivity index (χ0n) is 15.5. The molecule has 2 aromatic carbocycles. The van der Waals surface area contributed by atoms with Gasteiger partial charge in [-0.25, -0.2) is 4.98 Å². The summed E-state index contributed by atoms with van der Waals surface area (Å²) < 4.78 is 0. The summed E-state index contributed by atoms with van der Waals surface area (Å²) in [6.45, 7) is 3.22. The number of nitrogens with zero attached hydrogens (tertiary/aromatic N) is 3. The standard InChI is InChI=1S/C23H25N3O/c27-17-19-8-10-20(11-9-19)22-13-24-14-23(25-22)21-7-4-12-26(16-21)15-18-5-2-1-3-6-18/h1-3,5-6,8-11,13-14,21,27H,4,7,12,15-17H2. The molecule has 1 aliphatic rings. The molecule has 0 radical (unpaired) electrons. The van der Waals surface area contributed by atoms with E-state index in [1.54, 1.807) is 0 Å². The van der Waals surface area contributed by atoms with E-state index in [2.05, 4.69) is 40.2 Å². The van der Waals surface area contributed by atoms with Crippen LogP contribution in [0.15, 0.2) is 67.0 Å². The van der Waals surface area contributed by atoms with Crippen molar-refractivity contribution < 1.29 is 5.11 Å². The Kier molecular flexibility index (Phi) is 5.56. The predicted octanol–water partition coefficient (Wildman–Crippen LogP) is 4.02. The Morgan fingerprint density at radius 1 is 0.963 bits per heavy atom. The number of likely N-dealkylation sites (tertiary alicyclic amines) is 1. The molecular formula is C23H25N3O. The van der Waals surface area contributed by atoms with Crippen LogP contribution in [0.1, 0.15) is 35.6 Å². The Labute approximate surface area is 160 Å². The number of aromatic nitrogens is 2. The van der Waals surface area contributed by atoms with Gasteiger partial charge in [-0.3, -0.25) is 9.88 Å². The first-order valence-electron chi connectivity index (χ1n) is 9.60. The first kappa shape index (κ1) is 17.8. The minimum absolute atomic E-state index is 0.0608. The van der Waals surface area contributed by atoms with Crippen molar-refractivity contribution in [3.05, 3.63) is 83.8 Å². The van der Waals surface area contributed by atoms with Crippen LogP contribution < -0.4 is 0 Å². The van der Waals surface area contributed by atoms with Gasteiger partial charge in [0.2, 0.25) is 0 Å². The van der Waals surface area contributed by atoms with E-state index in [9.17, 15) is 5.11 Å². The van der Waals surface area contributed by atoms with Crippen molar-refractivity contribution in [1.29, 1.82) is 0 Å². The highest BCUT2D eigenvalue weighted by atomic mass is 16.3. The van der Waals surface area contributed by atoms with Crippen molar-refractivity contribution in [2.24, 2.45) is 0 Å². The second kappa shape index (κ2) is 8.42. The molecule has 1 fully saturated rings. The fourth-order valence-corrected chi connectivity index (χ4v) is 3.78. The Morgan fingerprint density at radius 2 is 1.78 bits per heavy atom. The highest BCUT2D eigenvalue weighted by Gasteiger charge is 2.23. The lowest BCUT2D eigenvalue weighted by atomic mass is 9.94. The molecule has 4 nitrogen and oxygen atoms in total. The van der Waals surface area contributed by atoms with Gasteiger partial charge in [0.05, 0.1) is 24.2 Å². The summed E-state index contributed by atoms with van der Waals surface area (Å²) in [5, 5.41) is 9.21. The van der Waals surface area contributed by atoms with E-state index in [0.29, 0.717) is 5.92 Å². The largest absolute Gasteiger partial charge is 0.392 e. The van der Waals surface area contributed by atoms with Crippen LogP contribution in [0.25, 0.3) is 11.3 Å². The Bertz CT molecular complexity index is 864. The van der Waals surface area contributed by atoms with Crippen LogP contribution in [0.3, 0.4) is 0 Å². The number of benzene rings is 2. The van der Waals surface area contributed by atoms with Crippen molar-refractivity contribution in [3.8, 4) is 11.3 Å². The molecule has 27 heavy (non-hydrogen) atoms. The third-order valence-electron chi connectivity index (χ3n) is 5.26. The smallest absolute Gasteiger partial charge is 0.0888 e. The summed E-state index contributed by atoms with van der Waals surface area (Å²) in [6.07, 6.45) is 6.09. The maximum Gasteiger partial charge on any atom is 0.0888 e. The normalized spacial score (nSPS) is 17.7. The van der Waals surface area contributed by atoms with Gasteiger partial charge in [-0.05, 0) is 30.5 Å². The number of hydrogen-bond donors (Lipinski definition) is 1. The average molecular weight is 359 g/mol. The lowest BCUT2D eigenvalue weighted by Crippen LogP contribution is -2.34. The fourth-order valence-electron chi connectivity index (χ4n) is 3.78. The van der Waals surface area contributed by atoms with Gasteiger partial charge in [0, 0.05) is 30.8 Å². The van der Waals surface area contributed by atoms with E-state index < -0.39 is 0 Å². The molecule has 1 N–H and O–H groups in total. The maximum atomic E-state index is 9.21. The summed E-state index contributed by atoms with van der Waals surface area (Å²) in [5.74, 6) is 0.423. The summed E-state index contributed by atoms with van der Waals surface area (Å²) in [4.78, 5) is 11.9. The number of piperidine rings is 1. The van der Waals surface area contributed by atoms with E-state index in [1.807, 2.05) is 36.7 Å². The van der Waals surface area contributed by atoms with E-state index in [0.717, 1.165) is 48.6 Å². The molecule has 3 aromatic rings. The van der Waals surface area contributed by atoms with Gasteiger partial charge in [-0.1, -0.05) is 54.6 Å². The van der Waals surface area contributed by atoms with Gasteiger partial charge >= 0.3 is 0 Å². The monoisotopic (exact) mass is 359 g/mol. The maximum absolute atomic E-state index is 9.21. The fraction of sp³-hybridized carbons (Fsp3) is 0.304. The number of rotatable bonds is 5. The van der Waals surface area contributed by atoms with Crippen molar-refractivity contribution in [2.45, 2.75) is 31.9 Å². The first-order chi connectivity index (χ1) is 13.3. The Hall–Kier alpha value is -2.56. The number of aliphatic hydroxyl groups is 1. The van der Waals surface area contributed by atoms with Crippen LogP contribution >= 0.6 is 0 Å². The highest BCUT2D eigenvalue weighted by Crippen LogP contribution is 2.28. The van der Waals surface area contributed by atoms with Gasteiger partial charge < -0.3 is 5.11 Å². The summed E-state index contributed by atoms with van der Waals surface area (Å²) in [5.41, 5.74) is 5.29. The summed E-state index contributed by atoms with van der Waals surface area (Å²) >= 11 is 0. The van der Waals surface area contributed by atoms with Crippen LogP contribution in [0.2, 0.25) is 0 Å². The Balaban J connectivity index is 1.49. The molecule has 4 heteroatoms. The molecule has 0 aliphatic carbocycles. The van der Waals surface area contributed by atoms with Crippen LogP contribution in [0, 0.1) is 0 Å². The molecule has 0 amide bonds. The van der Waals surface area contributed by atoms with Crippen LogP contribution in [-0.2, 0) is 13.2 Å². The molecule has 1 unspecified atom stereocenters. The summed E-state index contributed by atoms with van der Waals surface area (Å²) in [7, 11) is 0. The molecule has 0 spiro atoms. The molecule has 1 atom stereocenters. The Morgan fingerprint density at radius 3 is 2.56 bits per heavy atom. The van der Waals surface area contributed by atoms with Crippen molar-refractivity contribution in [3.63, 3.8) is 0 Å². The minimum Gasteiger partial charge on any atom is -0.392 e. The van der Waals surface area contributed by atoms with Gasteiger partial charge in [0.25, 0.3) is 0 Å². The van der Waals surface area contributed by atoms with Gasteiger partial charge in [-0.2, -0.15) is 0 Å². The first-order valence-corrected chi connectivity index (χ1v) is 9.60. The minimum atomic E-state index is 0.0608.